The van der Waals surface area contributed by atoms with Gasteiger partial charge >= 0.3 is 0 Å². The van der Waals surface area contributed by atoms with Crippen molar-refractivity contribution in [2.75, 3.05) is 0 Å². The lowest BCUT2D eigenvalue weighted by Crippen LogP contribution is -1.97. The second kappa shape index (κ2) is 5.01. The van der Waals surface area contributed by atoms with Crippen LogP contribution < -0.4 is 0 Å². The van der Waals surface area contributed by atoms with Crippen LogP contribution in [0, 0.1) is 38.9 Å². The first kappa shape index (κ1) is 13.5. The molecule has 0 amide bonds. The van der Waals surface area contributed by atoms with E-state index < -0.39 is 44.8 Å². The van der Waals surface area contributed by atoms with E-state index >= 15 is 0 Å². The van der Waals surface area contributed by atoms with E-state index in [9.17, 15) is 23.3 Å². The zero-order valence-corrected chi connectivity index (χ0v) is 9.73. The van der Waals surface area contributed by atoms with E-state index in [1.807, 2.05) is 0 Å². The van der Waals surface area contributed by atoms with Crippen LogP contribution in [0.15, 0.2) is 30.3 Å². The standard InChI is InChI=1S/C13H5F3N2O2/c14-8-3-7(6-17)13(12(16)4-8)10-5-9(18(19)20)1-2-11(10)15/h1-5H. The summed E-state index contributed by atoms with van der Waals surface area (Å²) < 4.78 is 40.5. The molecule has 0 fully saturated rings. The number of nitro benzene ring substituents is 1. The zero-order valence-electron chi connectivity index (χ0n) is 9.73. The molecule has 0 aromatic heterocycles. The summed E-state index contributed by atoms with van der Waals surface area (Å²) in [4.78, 5) is 9.87. The zero-order chi connectivity index (χ0) is 14.9. The van der Waals surface area contributed by atoms with Crippen LogP contribution in [-0.4, -0.2) is 4.92 Å². The van der Waals surface area contributed by atoms with Crippen molar-refractivity contribution in [1.29, 1.82) is 5.26 Å². The van der Waals surface area contributed by atoms with Crippen LogP contribution in [0.4, 0.5) is 18.9 Å². The molecule has 0 N–H and O–H groups in total. The molecule has 100 valence electrons. The van der Waals surface area contributed by atoms with E-state index in [1.54, 1.807) is 0 Å². The highest BCUT2D eigenvalue weighted by Gasteiger charge is 2.19. The van der Waals surface area contributed by atoms with Crippen LogP contribution in [0.5, 0.6) is 0 Å². The molecule has 0 aliphatic heterocycles. The summed E-state index contributed by atoms with van der Waals surface area (Å²) in [7, 11) is 0. The Labute approximate surface area is 110 Å². The van der Waals surface area contributed by atoms with Crippen molar-refractivity contribution in [3.8, 4) is 17.2 Å². The van der Waals surface area contributed by atoms with Crippen LogP contribution >= 0.6 is 0 Å². The minimum absolute atomic E-state index is 0.443. The Morgan fingerprint density at radius 1 is 1.10 bits per heavy atom. The highest BCUT2D eigenvalue weighted by Crippen LogP contribution is 2.32. The molecule has 4 nitrogen and oxygen atoms in total. The molecule has 0 unspecified atom stereocenters. The maximum Gasteiger partial charge on any atom is 0.270 e. The topological polar surface area (TPSA) is 66.9 Å². The smallest absolute Gasteiger partial charge is 0.258 e. The molecule has 2 rings (SSSR count). The summed E-state index contributed by atoms with van der Waals surface area (Å²) in [5.41, 5.74) is -1.88. The number of nitrogens with zero attached hydrogens (tertiary/aromatic N) is 2. The predicted molar refractivity (Wildman–Crippen MR) is 63.1 cm³/mol. The number of benzene rings is 2. The van der Waals surface area contributed by atoms with Gasteiger partial charge in [-0.15, -0.1) is 0 Å². The van der Waals surface area contributed by atoms with Gasteiger partial charge in [0.25, 0.3) is 5.69 Å². The van der Waals surface area contributed by atoms with E-state index in [-0.39, 0.29) is 0 Å². The fourth-order valence-corrected chi connectivity index (χ4v) is 1.75. The number of nitriles is 1. The second-order valence-electron chi connectivity index (χ2n) is 3.84. The van der Waals surface area contributed by atoms with Gasteiger partial charge in [0.2, 0.25) is 0 Å². The average molecular weight is 278 g/mol. The first-order chi connectivity index (χ1) is 9.43. The first-order valence-corrected chi connectivity index (χ1v) is 5.27. The molecular weight excluding hydrogens is 273 g/mol. The van der Waals surface area contributed by atoms with Crippen LogP contribution in [-0.2, 0) is 0 Å². The Morgan fingerprint density at radius 3 is 2.40 bits per heavy atom. The maximum atomic E-state index is 13.8. The second-order valence-corrected chi connectivity index (χ2v) is 3.84. The summed E-state index contributed by atoms with van der Waals surface area (Å²) in [6.07, 6.45) is 0. The Hall–Kier alpha value is -2.88. The number of hydrogen-bond donors (Lipinski definition) is 0. The quantitative estimate of drug-likeness (QED) is 0.623. The summed E-state index contributed by atoms with van der Waals surface area (Å²) >= 11 is 0. The third kappa shape index (κ3) is 2.31. The van der Waals surface area contributed by atoms with Crippen LogP contribution in [0.25, 0.3) is 11.1 Å². The third-order valence-electron chi connectivity index (χ3n) is 2.61. The minimum atomic E-state index is -1.17. The molecule has 0 aliphatic carbocycles. The molecule has 0 spiro atoms. The van der Waals surface area contributed by atoms with Gasteiger partial charge in [-0.1, -0.05) is 0 Å². The number of halogens is 3. The number of hydrogen-bond acceptors (Lipinski definition) is 3. The van der Waals surface area contributed by atoms with Gasteiger partial charge in [0, 0.05) is 29.3 Å². The minimum Gasteiger partial charge on any atom is -0.258 e. The number of nitro groups is 1. The summed E-state index contributed by atoms with van der Waals surface area (Å²) in [6.45, 7) is 0. The Balaban J connectivity index is 2.78. The lowest BCUT2D eigenvalue weighted by Gasteiger charge is -2.07. The Morgan fingerprint density at radius 2 is 1.80 bits per heavy atom. The van der Waals surface area contributed by atoms with Gasteiger partial charge in [-0.3, -0.25) is 10.1 Å². The molecule has 2 aromatic rings. The first-order valence-electron chi connectivity index (χ1n) is 5.27. The molecule has 0 atom stereocenters. The highest BCUT2D eigenvalue weighted by atomic mass is 19.1. The SMILES string of the molecule is N#Cc1cc(F)cc(F)c1-c1cc([N+](=O)[O-])ccc1F. The average Bonchev–Trinajstić information content (AvgIpc) is 2.38. The van der Waals surface area contributed by atoms with Gasteiger partial charge in [0.15, 0.2) is 0 Å². The van der Waals surface area contributed by atoms with Crippen molar-refractivity contribution in [3.63, 3.8) is 0 Å². The van der Waals surface area contributed by atoms with Gasteiger partial charge in [0.1, 0.15) is 17.5 Å². The van der Waals surface area contributed by atoms with Gasteiger partial charge < -0.3 is 0 Å². The Bertz CT molecular complexity index is 754. The van der Waals surface area contributed by atoms with Crippen LogP contribution in [0.3, 0.4) is 0 Å². The van der Waals surface area contributed by atoms with E-state index in [0.717, 1.165) is 24.3 Å². The van der Waals surface area contributed by atoms with Gasteiger partial charge in [0.05, 0.1) is 16.6 Å². The normalized spacial score (nSPS) is 10.1. The van der Waals surface area contributed by atoms with E-state index in [2.05, 4.69) is 0 Å². The monoisotopic (exact) mass is 278 g/mol. The van der Waals surface area contributed by atoms with Gasteiger partial charge in [-0.25, -0.2) is 13.2 Å². The van der Waals surface area contributed by atoms with Crippen LogP contribution in [0.1, 0.15) is 5.56 Å². The maximum absolute atomic E-state index is 13.8. The lowest BCUT2D eigenvalue weighted by molar-refractivity contribution is -0.384. The molecule has 7 heteroatoms. The van der Waals surface area contributed by atoms with Crippen molar-refractivity contribution in [2.24, 2.45) is 0 Å². The van der Waals surface area contributed by atoms with Crippen molar-refractivity contribution >= 4 is 5.69 Å². The van der Waals surface area contributed by atoms with Crippen molar-refractivity contribution in [1.82, 2.24) is 0 Å². The van der Waals surface area contributed by atoms with E-state index in [1.165, 1.54) is 6.07 Å². The molecule has 0 bridgehead atoms. The lowest BCUT2D eigenvalue weighted by atomic mass is 9.98. The van der Waals surface area contributed by atoms with Crippen molar-refractivity contribution in [2.45, 2.75) is 0 Å². The summed E-state index contributed by atoms with van der Waals surface area (Å²) in [6, 6.07) is 5.24. The van der Waals surface area contributed by atoms with Gasteiger partial charge in [-0.05, 0) is 12.1 Å². The van der Waals surface area contributed by atoms with Crippen molar-refractivity contribution in [3.05, 3.63) is 63.5 Å². The highest BCUT2D eigenvalue weighted by molar-refractivity contribution is 5.73. The fraction of sp³-hybridized carbons (Fsp3) is 0. The molecule has 0 radical (unpaired) electrons. The molecule has 0 saturated heterocycles. The number of non-ortho nitro benzene ring substituents is 1. The predicted octanol–water partition coefficient (Wildman–Crippen LogP) is 3.55. The molecule has 20 heavy (non-hydrogen) atoms. The van der Waals surface area contributed by atoms with Crippen LogP contribution in [0.2, 0.25) is 0 Å². The molecular formula is C13H5F3N2O2. The van der Waals surface area contributed by atoms with Crippen molar-refractivity contribution < 1.29 is 18.1 Å². The fourth-order valence-electron chi connectivity index (χ4n) is 1.75. The molecule has 0 heterocycles. The Kier molecular flexibility index (Phi) is 3.39. The molecule has 0 saturated carbocycles. The molecule has 2 aromatic carbocycles. The summed E-state index contributed by atoms with van der Waals surface area (Å²) in [5.74, 6) is -3.10. The third-order valence-corrected chi connectivity index (χ3v) is 2.61. The van der Waals surface area contributed by atoms with E-state index in [4.69, 9.17) is 5.26 Å². The summed E-state index contributed by atoms with van der Waals surface area (Å²) in [5, 5.41) is 19.5. The largest absolute Gasteiger partial charge is 0.270 e. The molecule has 0 aliphatic rings. The van der Waals surface area contributed by atoms with E-state index in [0.29, 0.717) is 6.07 Å². The van der Waals surface area contributed by atoms with Gasteiger partial charge in [-0.2, -0.15) is 5.26 Å². The number of rotatable bonds is 2.